The summed E-state index contributed by atoms with van der Waals surface area (Å²) in [6.45, 7) is 2.92. The summed E-state index contributed by atoms with van der Waals surface area (Å²) in [5.41, 5.74) is 6.60. The van der Waals surface area contributed by atoms with Gasteiger partial charge in [-0.15, -0.1) is 0 Å². The summed E-state index contributed by atoms with van der Waals surface area (Å²) in [5.74, 6) is 3.79. The van der Waals surface area contributed by atoms with E-state index in [2.05, 4.69) is 11.9 Å². The standard InChI is InChI=1S/C17H26N2O/c1-19(12-15-11-13-6-7-14(15)10-13)8-9-20-17-5-3-2-4-16(17)18/h2-5,13-15H,6-12,18H2,1H3. The van der Waals surface area contributed by atoms with E-state index in [9.17, 15) is 0 Å². The van der Waals surface area contributed by atoms with E-state index in [1.54, 1.807) is 0 Å². The van der Waals surface area contributed by atoms with Gasteiger partial charge in [-0.1, -0.05) is 18.6 Å². The summed E-state index contributed by atoms with van der Waals surface area (Å²) in [6.07, 6.45) is 5.92. The van der Waals surface area contributed by atoms with Crippen LogP contribution in [0.1, 0.15) is 25.7 Å². The number of nitrogen functional groups attached to an aromatic ring is 1. The minimum Gasteiger partial charge on any atom is -0.490 e. The molecule has 0 aliphatic heterocycles. The Kier molecular flexibility index (Phi) is 4.16. The van der Waals surface area contributed by atoms with Crippen molar-refractivity contribution in [3.63, 3.8) is 0 Å². The molecule has 110 valence electrons. The predicted molar refractivity (Wildman–Crippen MR) is 82.8 cm³/mol. The van der Waals surface area contributed by atoms with Crippen LogP contribution >= 0.6 is 0 Å². The zero-order valence-electron chi connectivity index (χ0n) is 12.4. The SMILES string of the molecule is CN(CCOc1ccccc1N)CC1CC2CCC1C2. The Labute approximate surface area is 122 Å². The van der Waals surface area contributed by atoms with Gasteiger partial charge in [0.15, 0.2) is 0 Å². The van der Waals surface area contributed by atoms with Crippen LogP contribution in [-0.4, -0.2) is 31.6 Å². The van der Waals surface area contributed by atoms with E-state index < -0.39 is 0 Å². The Morgan fingerprint density at radius 2 is 2.10 bits per heavy atom. The molecule has 3 rings (SSSR count). The topological polar surface area (TPSA) is 38.5 Å². The molecule has 3 nitrogen and oxygen atoms in total. The molecule has 2 fully saturated rings. The highest BCUT2D eigenvalue weighted by molar-refractivity contribution is 5.51. The molecule has 2 aliphatic rings. The predicted octanol–water partition coefficient (Wildman–Crippen LogP) is 3.02. The lowest BCUT2D eigenvalue weighted by atomic mass is 9.88. The minimum atomic E-state index is 0.714. The Hall–Kier alpha value is -1.22. The highest BCUT2D eigenvalue weighted by Crippen LogP contribution is 2.48. The van der Waals surface area contributed by atoms with E-state index in [-0.39, 0.29) is 0 Å². The van der Waals surface area contributed by atoms with Crippen LogP contribution in [0.5, 0.6) is 5.75 Å². The van der Waals surface area contributed by atoms with Crippen LogP contribution in [0.2, 0.25) is 0 Å². The van der Waals surface area contributed by atoms with Crippen molar-refractivity contribution in [1.82, 2.24) is 4.90 Å². The third-order valence-electron chi connectivity index (χ3n) is 5.08. The third kappa shape index (κ3) is 3.09. The van der Waals surface area contributed by atoms with Gasteiger partial charge >= 0.3 is 0 Å². The van der Waals surface area contributed by atoms with Crippen molar-refractivity contribution in [3.8, 4) is 5.75 Å². The van der Waals surface area contributed by atoms with Gasteiger partial charge in [-0.05, 0) is 56.2 Å². The second-order valence-corrected chi connectivity index (χ2v) is 6.58. The number of likely N-dealkylation sites (N-methyl/N-ethyl adjacent to an activating group) is 1. The Morgan fingerprint density at radius 1 is 1.25 bits per heavy atom. The first kappa shape index (κ1) is 13.7. The molecule has 3 heteroatoms. The van der Waals surface area contributed by atoms with E-state index >= 15 is 0 Å². The van der Waals surface area contributed by atoms with Crippen LogP contribution in [-0.2, 0) is 0 Å². The number of para-hydroxylation sites is 2. The van der Waals surface area contributed by atoms with Crippen molar-refractivity contribution >= 4 is 5.69 Å². The molecule has 0 spiro atoms. The molecule has 0 aromatic heterocycles. The van der Waals surface area contributed by atoms with Crippen LogP contribution in [0.4, 0.5) is 5.69 Å². The molecule has 0 heterocycles. The van der Waals surface area contributed by atoms with Crippen molar-refractivity contribution in [3.05, 3.63) is 24.3 Å². The highest BCUT2D eigenvalue weighted by atomic mass is 16.5. The van der Waals surface area contributed by atoms with Gasteiger partial charge in [0.1, 0.15) is 12.4 Å². The summed E-state index contributed by atoms with van der Waals surface area (Å²) >= 11 is 0. The van der Waals surface area contributed by atoms with E-state index in [0.29, 0.717) is 6.61 Å². The second-order valence-electron chi connectivity index (χ2n) is 6.58. The zero-order valence-corrected chi connectivity index (χ0v) is 12.4. The molecule has 20 heavy (non-hydrogen) atoms. The lowest BCUT2D eigenvalue weighted by Gasteiger charge is -2.27. The van der Waals surface area contributed by atoms with Crippen LogP contribution in [0.15, 0.2) is 24.3 Å². The van der Waals surface area contributed by atoms with E-state index in [0.717, 1.165) is 35.7 Å². The van der Waals surface area contributed by atoms with Crippen molar-refractivity contribution < 1.29 is 4.74 Å². The molecule has 1 aromatic rings. The van der Waals surface area contributed by atoms with Crippen molar-refractivity contribution in [2.75, 3.05) is 32.5 Å². The largest absolute Gasteiger partial charge is 0.490 e. The van der Waals surface area contributed by atoms with Crippen molar-refractivity contribution in [2.24, 2.45) is 17.8 Å². The highest BCUT2D eigenvalue weighted by Gasteiger charge is 2.39. The Morgan fingerprint density at radius 3 is 2.80 bits per heavy atom. The van der Waals surface area contributed by atoms with Crippen molar-refractivity contribution in [2.45, 2.75) is 25.7 Å². The average Bonchev–Trinajstić information content (AvgIpc) is 3.03. The summed E-state index contributed by atoms with van der Waals surface area (Å²) < 4.78 is 5.77. The Balaban J connectivity index is 1.39. The lowest BCUT2D eigenvalue weighted by molar-refractivity contribution is 0.187. The molecule has 3 atom stereocenters. The molecule has 2 saturated carbocycles. The van der Waals surface area contributed by atoms with Crippen LogP contribution in [0.25, 0.3) is 0 Å². The smallest absolute Gasteiger partial charge is 0.142 e. The van der Waals surface area contributed by atoms with Gasteiger partial charge in [0.2, 0.25) is 0 Å². The number of fused-ring (bicyclic) bond motifs is 2. The maximum absolute atomic E-state index is 5.87. The fourth-order valence-corrected chi connectivity index (χ4v) is 4.02. The van der Waals surface area contributed by atoms with Gasteiger partial charge < -0.3 is 15.4 Å². The second kappa shape index (κ2) is 6.04. The molecular formula is C17H26N2O. The number of benzene rings is 1. The summed E-state index contributed by atoms with van der Waals surface area (Å²) in [5, 5.41) is 0. The number of hydrogen-bond acceptors (Lipinski definition) is 3. The first-order valence-electron chi connectivity index (χ1n) is 7.88. The van der Waals surface area contributed by atoms with Gasteiger partial charge in [0.05, 0.1) is 5.69 Å². The van der Waals surface area contributed by atoms with Gasteiger partial charge in [-0.2, -0.15) is 0 Å². The molecule has 0 amide bonds. The summed E-state index contributed by atoms with van der Waals surface area (Å²) in [4.78, 5) is 2.42. The third-order valence-corrected chi connectivity index (χ3v) is 5.08. The average molecular weight is 274 g/mol. The fraction of sp³-hybridized carbons (Fsp3) is 0.647. The number of nitrogens with two attached hydrogens (primary N) is 1. The first-order valence-corrected chi connectivity index (χ1v) is 7.88. The van der Waals surface area contributed by atoms with Crippen LogP contribution in [0, 0.1) is 17.8 Å². The number of ether oxygens (including phenoxy) is 1. The quantitative estimate of drug-likeness (QED) is 0.810. The van der Waals surface area contributed by atoms with Gasteiger partial charge in [0, 0.05) is 13.1 Å². The number of anilines is 1. The maximum atomic E-state index is 5.87. The molecular weight excluding hydrogens is 248 g/mol. The van der Waals surface area contributed by atoms with E-state index in [4.69, 9.17) is 10.5 Å². The molecule has 0 radical (unpaired) electrons. The lowest BCUT2D eigenvalue weighted by Crippen LogP contribution is -2.31. The first-order chi connectivity index (χ1) is 9.72. The van der Waals surface area contributed by atoms with Gasteiger partial charge in [0.25, 0.3) is 0 Å². The summed E-state index contributed by atoms with van der Waals surface area (Å²) in [7, 11) is 2.21. The van der Waals surface area contributed by atoms with Gasteiger partial charge in [-0.3, -0.25) is 0 Å². The fourth-order valence-electron chi connectivity index (χ4n) is 4.02. The van der Waals surface area contributed by atoms with Gasteiger partial charge in [-0.25, -0.2) is 0 Å². The maximum Gasteiger partial charge on any atom is 0.142 e. The summed E-state index contributed by atoms with van der Waals surface area (Å²) in [6, 6.07) is 7.72. The van der Waals surface area contributed by atoms with E-state index in [1.807, 2.05) is 24.3 Å². The minimum absolute atomic E-state index is 0.714. The molecule has 3 unspecified atom stereocenters. The molecule has 0 saturated heterocycles. The normalized spacial score (nSPS) is 28.2. The Bertz CT molecular complexity index is 448. The molecule has 2 bridgehead atoms. The molecule has 2 N–H and O–H groups in total. The van der Waals surface area contributed by atoms with Crippen LogP contribution in [0.3, 0.4) is 0 Å². The van der Waals surface area contributed by atoms with Crippen molar-refractivity contribution in [1.29, 1.82) is 0 Å². The molecule has 2 aliphatic carbocycles. The number of nitrogens with zero attached hydrogens (tertiary/aromatic N) is 1. The monoisotopic (exact) mass is 274 g/mol. The number of hydrogen-bond donors (Lipinski definition) is 1. The molecule has 1 aromatic carbocycles. The zero-order chi connectivity index (χ0) is 13.9. The number of rotatable bonds is 6. The van der Waals surface area contributed by atoms with E-state index in [1.165, 1.54) is 32.2 Å². The van der Waals surface area contributed by atoms with Crippen LogP contribution < -0.4 is 10.5 Å².